The van der Waals surface area contributed by atoms with Crippen molar-refractivity contribution in [3.63, 3.8) is 0 Å². The lowest BCUT2D eigenvalue weighted by Gasteiger charge is -2.11. The first-order valence-corrected chi connectivity index (χ1v) is 9.12. The van der Waals surface area contributed by atoms with Crippen molar-refractivity contribution in [3.8, 4) is 11.8 Å². The lowest BCUT2D eigenvalue weighted by atomic mass is 10.0. The third-order valence-electron chi connectivity index (χ3n) is 4.41. The summed E-state index contributed by atoms with van der Waals surface area (Å²) in [7, 11) is 0. The van der Waals surface area contributed by atoms with Gasteiger partial charge in [-0.25, -0.2) is 4.39 Å². The van der Waals surface area contributed by atoms with Gasteiger partial charge in [0.1, 0.15) is 5.82 Å². The van der Waals surface area contributed by atoms with Gasteiger partial charge in [-0.05, 0) is 55.3 Å². The minimum atomic E-state index is -0.499. The molecule has 0 atom stereocenters. The van der Waals surface area contributed by atoms with Gasteiger partial charge in [-0.15, -0.1) is 0 Å². The number of hydrogen-bond donors (Lipinski definition) is 0. The van der Waals surface area contributed by atoms with Crippen molar-refractivity contribution >= 4 is 33.3 Å². The molecule has 0 aliphatic carbocycles. The van der Waals surface area contributed by atoms with E-state index in [4.69, 9.17) is 0 Å². The molecule has 3 aromatic rings. The maximum absolute atomic E-state index is 14.4. The fourth-order valence-corrected chi connectivity index (χ4v) is 3.42. The number of nitro groups is 1. The Kier molecular flexibility index (Phi) is 5.43. The molecule has 0 spiro atoms. The molecular weight excluding hydrogens is 425 g/mol. The summed E-state index contributed by atoms with van der Waals surface area (Å²) in [6, 6.07) is 14.7. The van der Waals surface area contributed by atoms with Crippen LogP contribution >= 0.6 is 15.9 Å². The summed E-state index contributed by atoms with van der Waals surface area (Å²) >= 11 is 3.25. The number of rotatable bonds is 4. The van der Waals surface area contributed by atoms with Crippen LogP contribution in [0.3, 0.4) is 0 Å². The second-order valence-electron chi connectivity index (χ2n) is 6.23. The number of nitrogens with zero attached hydrogens (tertiary/aromatic N) is 3. The maximum Gasteiger partial charge on any atom is 0.270 e. The fraction of sp³-hybridized carbons (Fsp3) is 0.0952. The Morgan fingerprint density at radius 1 is 1.25 bits per heavy atom. The quantitative estimate of drug-likeness (QED) is 0.285. The Bertz CT molecular complexity index is 1160. The molecule has 0 radical (unpaired) electrons. The highest BCUT2D eigenvalue weighted by Crippen LogP contribution is 2.28. The van der Waals surface area contributed by atoms with Gasteiger partial charge in [0.15, 0.2) is 0 Å². The molecule has 0 N–H and O–H groups in total. The minimum absolute atomic E-state index is 0.0824. The first kappa shape index (κ1) is 19.5. The second kappa shape index (κ2) is 7.79. The standard InChI is InChI=1S/C21H15BrFN3O2/c1-13-8-16(14(2)25(13)21-7-6-18(22)11-20(21)23)9-17(12-24)15-4-3-5-19(10-15)26(27)28/h3-11H,1-2H3. The van der Waals surface area contributed by atoms with Crippen molar-refractivity contribution < 1.29 is 9.31 Å². The van der Waals surface area contributed by atoms with Crippen LogP contribution in [0.25, 0.3) is 17.3 Å². The summed E-state index contributed by atoms with van der Waals surface area (Å²) in [5, 5.41) is 20.6. The number of nitriles is 1. The van der Waals surface area contributed by atoms with E-state index in [1.54, 1.807) is 34.9 Å². The molecule has 0 saturated carbocycles. The van der Waals surface area contributed by atoms with Crippen molar-refractivity contribution in [1.82, 2.24) is 4.57 Å². The summed E-state index contributed by atoms with van der Waals surface area (Å²) in [4.78, 5) is 10.5. The first-order valence-electron chi connectivity index (χ1n) is 8.33. The van der Waals surface area contributed by atoms with E-state index in [-0.39, 0.29) is 11.5 Å². The first-order chi connectivity index (χ1) is 13.3. The summed E-state index contributed by atoms with van der Waals surface area (Å²) < 4.78 is 16.9. The Labute approximate surface area is 169 Å². The molecule has 2 aromatic carbocycles. The van der Waals surface area contributed by atoms with E-state index in [1.807, 2.05) is 19.9 Å². The number of hydrogen-bond acceptors (Lipinski definition) is 3. The van der Waals surface area contributed by atoms with Crippen LogP contribution in [-0.2, 0) is 0 Å². The number of nitro benzene ring substituents is 1. The molecule has 28 heavy (non-hydrogen) atoms. The van der Waals surface area contributed by atoms with Crippen molar-refractivity contribution in [3.05, 3.63) is 91.4 Å². The fourth-order valence-electron chi connectivity index (χ4n) is 3.09. The summed E-state index contributed by atoms with van der Waals surface area (Å²) in [5.41, 5.74) is 3.38. The number of halogens is 2. The molecule has 5 nitrogen and oxygen atoms in total. The van der Waals surface area contributed by atoms with E-state index in [2.05, 4.69) is 22.0 Å². The predicted molar refractivity (Wildman–Crippen MR) is 109 cm³/mol. The third-order valence-corrected chi connectivity index (χ3v) is 4.90. The molecule has 0 amide bonds. The second-order valence-corrected chi connectivity index (χ2v) is 7.15. The number of benzene rings is 2. The highest BCUT2D eigenvalue weighted by Gasteiger charge is 2.15. The summed E-state index contributed by atoms with van der Waals surface area (Å²) in [6.45, 7) is 3.69. The van der Waals surface area contributed by atoms with Gasteiger partial charge in [0.2, 0.25) is 0 Å². The molecule has 0 aliphatic rings. The average Bonchev–Trinajstić information content (AvgIpc) is 2.93. The molecule has 0 aliphatic heterocycles. The van der Waals surface area contributed by atoms with Gasteiger partial charge in [0.05, 0.1) is 22.3 Å². The molecule has 0 saturated heterocycles. The van der Waals surface area contributed by atoms with E-state index in [9.17, 15) is 19.8 Å². The van der Waals surface area contributed by atoms with E-state index in [1.165, 1.54) is 18.2 Å². The lowest BCUT2D eigenvalue weighted by molar-refractivity contribution is -0.384. The zero-order chi connectivity index (χ0) is 20.4. The topological polar surface area (TPSA) is 71.9 Å². The van der Waals surface area contributed by atoms with Gasteiger partial charge < -0.3 is 4.57 Å². The third kappa shape index (κ3) is 3.73. The molecule has 0 unspecified atom stereocenters. The van der Waals surface area contributed by atoms with Crippen LogP contribution in [0.15, 0.2) is 53.0 Å². The summed E-state index contributed by atoms with van der Waals surface area (Å²) in [5.74, 6) is -0.370. The van der Waals surface area contributed by atoms with E-state index in [0.717, 1.165) is 17.0 Å². The molecule has 1 heterocycles. The Morgan fingerprint density at radius 2 is 2.00 bits per heavy atom. The highest BCUT2D eigenvalue weighted by atomic mass is 79.9. The van der Waals surface area contributed by atoms with Gasteiger partial charge >= 0.3 is 0 Å². The van der Waals surface area contributed by atoms with Crippen LogP contribution in [-0.4, -0.2) is 9.49 Å². The van der Waals surface area contributed by atoms with Crippen molar-refractivity contribution in [2.45, 2.75) is 13.8 Å². The lowest BCUT2D eigenvalue weighted by Crippen LogP contribution is -2.02. The smallest absolute Gasteiger partial charge is 0.270 e. The van der Waals surface area contributed by atoms with E-state index in [0.29, 0.717) is 21.3 Å². The van der Waals surface area contributed by atoms with Crippen molar-refractivity contribution in [2.75, 3.05) is 0 Å². The van der Waals surface area contributed by atoms with Gasteiger partial charge in [-0.1, -0.05) is 28.1 Å². The molecule has 1 aromatic heterocycles. The number of aryl methyl sites for hydroxylation is 1. The zero-order valence-electron chi connectivity index (χ0n) is 15.1. The number of aromatic nitrogens is 1. The predicted octanol–water partition coefficient (Wildman–Crippen LogP) is 5.97. The van der Waals surface area contributed by atoms with Crippen LogP contribution in [0.5, 0.6) is 0 Å². The molecule has 7 heteroatoms. The average molecular weight is 440 g/mol. The van der Waals surface area contributed by atoms with Crippen LogP contribution in [0.1, 0.15) is 22.5 Å². The van der Waals surface area contributed by atoms with Crippen LogP contribution in [0.4, 0.5) is 10.1 Å². The Hall–Kier alpha value is -3.24. The van der Waals surface area contributed by atoms with Crippen molar-refractivity contribution in [2.24, 2.45) is 0 Å². The Morgan fingerprint density at radius 3 is 2.64 bits per heavy atom. The monoisotopic (exact) mass is 439 g/mol. The highest BCUT2D eigenvalue weighted by molar-refractivity contribution is 9.10. The molecule has 140 valence electrons. The van der Waals surface area contributed by atoms with Crippen LogP contribution in [0, 0.1) is 41.1 Å². The molecule has 0 bridgehead atoms. The van der Waals surface area contributed by atoms with Gasteiger partial charge in [-0.2, -0.15) is 5.26 Å². The number of allylic oxidation sites excluding steroid dienone is 1. The zero-order valence-corrected chi connectivity index (χ0v) is 16.7. The number of non-ortho nitro benzene ring substituents is 1. The molecule has 0 fully saturated rings. The van der Waals surface area contributed by atoms with Gasteiger partial charge in [0.25, 0.3) is 5.69 Å². The van der Waals surface area contributed by atoms with Gasteiger partial charge in [-0.3, -0.25) is 10.1 Å². The van der Waals surface area contributed by atoms with Crippen LogP contribution in [0.2, 0.25) is 0 Å². The van der Waals surface area contributed by atoms with E-state index < -0.39 is 4.92 Å². The normalized spacial score (nSPS) is 11.3. The minimum Gasteiger partial charge on any atom is -0.315 e. The molecule has 3 rings (SSSR count). The van der Waals surface area contributed by atoms with Crippen molar-refractivity contribution in [1.29, 1.82) is 5.26 Å². The van der Waals surface area contributed by atoms with Crippen LogP contribution < -0.4 is 0 Å². The maximum atomic E-state index is 14.4. The van der Waals surface area contributed by atoms with E-state index >= 15 is 0 Å². The summed E-state index contributed by atoms with van der Waals surface area (Å²) in [6.07, 6.45) is 1.66. The largest absolute Gasteiger partial charge is 0.315 e. The van der Waals surface area contributed by atoms with Gasteiger partial charge in [0, 0.05) is 28.0 Å². The molecular formula is C21H15BrFN3O2. The Balaban J connectivity index is 2.11. The SMILES string of the molecule is Cc1cc(C=C(C#N)c2cccc([N+](=O)[O-])c2)c(C)n1-c1ccc(Br)cc1F.